The molecule has 0 spiro atoms. The van der Waals surface area contributed by atoms with Crippen LogP contribution >= 0.6 is 0 Å². The summed E-state index contributed by atoms with van der Waals surface area (Å²) >= 11 is 0. The van der Waals surface area contributed by atoms with Crippen molar-refractivity contribution < 1.29 is 14.5 Å². The van der Waals surface area contributed by atoms with E-state index < -0.39 is 10.9 Å². The van der Waals surface area contributed by atoms with Crippen LogP contribution in [0.4, 0.5) is 11.4 Å². The van der Waals surface area contributed by atoms with Crippen molar-refractivity contribution in [2.45, 2.75) is 58.3 Å². The summed E-state index contributed by atoms with van der Waals surface area (Å²) in [6, 6.07) is 3.78. The summed E-state index contributed by atoms with van der Waals surface area (Å²) in [5.41, 5.74) is 5.75. The molecule has 0 amide bonds. The van der Waals surface area contributed by atoms with E-state index in [1.165, 1.54) is 44.2 Å². The summed E-state index contributed by atoms with van der Waals surface area (Å²) in [5.74, 6) is -0.603. The molecule has 0 atom stereocenters. The lowest BCUT2D eigenvalue weighted by Crippen LogP contribution is -2.09. The first kappa shape index (κ1) is 18.9. The van der Waals surface area contributed by atoms with Gasteiger partial charge >= 0.3 is 5.97 Å². The Bertz CT molecular complexity index is 517. The number of nitro benzene ring substituents is 1. The van der Waals surface area contributed by atoms with Crippen molar-refractivity contribution in [1.82, 2.24) is 0 Å². The standard InChI is InChI=1S/C17H26N2O4/c1-2-3-4-5-6-7-8-9-12-23-17(20)15-13-14(19(21)22)10-11-16(15)18/h10-11,13H,2-9,12,18H2,1H3. The number of ether oxygens (including phenoxy) is 1. The zero-order valence-electron chi connectivity index (χ0n) is 13.8. The van der Waals surface area contributed by atoms with E-state index in [0.717, 1.165) is 25.3 Å². The first-order valence-electron chi connectivity index (χ1n) is 8.27. The minimum absolute atomic E-state index is 0.0544. The maximum absolute atomic E-state index is 11.9. The smallest absolute Gasteiger partial charge is 0.340 e. The summed E-state index contributed by atoms with van der Waals surface area (Å²) < 4.78 is 5.15. The summed E-state index contributed by atoms with van der Waals surface area (Å²) in [6.45, 7) is 2.51. The normalized spacial score (nSPS) is 10.5. The Morgan fingerprint density at radius 2 is 1.74 bits per heavy atom. The average Bonchev–Trinajstić information content (AvgIpc) is 2.53. The van der Waals surface area contributed by atoms with E-state index in [2.05, 4.69) is 6.92 Å². The molecule has 1 aromatic rings. The minimum atomic E-state index is -0.603. The third kappa shape index (κ3) is 7.13. The highest BCUT2D eigenvalue weighted by Gasteiger charge is 2.16. The fraction of sp³-hybridized carbons (Fsp3) is 0.588. The minimum Gasteiger partial charge on any atom is -0.462 e. The maximum atomic E-state index is 11.9. The van der Waals surface area contributed by atoms with Crippen LogP contribution in [0.25, 0.3) is 0 Å². The summed E-state index contributed by atoms with van der Waals surface area (Å²) in [5, 5.41) is 10.7. The van der Waals surface area contributed by atoms with Gasteiger partial charge in [0.2, 0.25) is 0 Å². The molecule has 0 aliphatic rings. The molecule has 0 heterocycles. The number of esters is 1. The third-order valence-electron chi connectivity index (χ3n) is 3.70. The summed E-state index contributed by atoms with van der Waals surface area (Å²) in [4.78, 5) is 22.1. The van der Waals surface area contributed by atoms with Crippen molar-refractivity contribution in [2.24, 2.45) is 0 Å². The number of non-ortho nitro benzene ring substituents is 1. The van der Waals surface area contributed by atoms with E-state index >= 15 is 0 Å². The number of unbranched alkanes of at least 4 members (excludes halogenated alkanes) is 7. The lowest BCUT2D eigenvalue weighted by molar-refractivity contribution is -0.384. The molecule has 0 saturated carbocycles. The van der Waals surface area contributed by atoms with Gasteiger partial charge in [-0.05, 0) is 12.5 Å². The number of hydrogen-bond acceptors (Lipinski definition) is 5. The monoisotopic (exact) mass is 322 g/mol. The largest absolute Gasteiger partial charge is 0.462 e. The number of nitrogens with zero attached hydrogens (tertiary/aromatic N) is 1. The molecule has 1 rings (SSSR count). The van der Waals surface area contributed by atoms with E-state index in [9.17, 15) is 14.9 Å². The molecule has 2 N–H and O–H groups in total. The molecule has 1 aromatic carbocycles. The Labute approximate surface area is 137 Å². The predicted molar refractivity (Wildman–Crippen MR) is 90.4 cm³/mol. The van der Waals surface area contributed by atoms with Gasteiger partial charge in [-0.1, -0.05) is 51.9 Å². The number of nitro groups is 1. The fourth-order valence-corrected chi connectivity index (χ4v) is 2.31. The molecular weight excluding hydrogens is 296 g/mol. The fourth-order valence-electron chi connectivity index (χ4n) is 2.31. The van der Waals surface area contributed by atoms with Crippen LogP contribution in [0.1, 0.15) is 68.6 Å². The molecule has 0 bridgehead atoms. The van der Waals surface area contributed by atoms with Crippen LogP contribution in [-0.4, -0.2) is 17.5 Å². The van der Waals surface area contributed by atoms with Gasteiger partial charge in [-0.2, -0.15) is 0 Å². The number of carbonyl (C=O) groups is 1. The Kier molecular flexibility index (Phi) is 8.72. The number of nitrogens with two attached hydrogens (primary N) is 1. The van der Waals surface area contributed by atoms with Crippen molar-refractivity contribution in [1.29, 1.82) is 0 Å². The lowest BCUT2D eigenvalue weighted by atomic mass is 10.1. The SMILES string of the molecule is CCCCCCCCCCOC(=O)c1cc([N+](=O)[O-])ccc1N. The Morgan fingerprint density at radius 1 is 1.13 bits per heavy atom. The van der Waals surface area contributed by atoms with Crippen molar-refractivity contribution in [3.05, 3.63) is 33.9 Å². The van der Waals surface area contributed by atoms with Crippen LogP contribution in [0.2, 0.25) is 0 Å². The van der Waals surface area contributed by atoms with Gasteiger partial charge in [-0.15, -0.1) is 0 Å². The topological polar surface area (TPSA) is 95.5 Å². The maximum Gasteiger partial charge on any atom is 0.340 e. The molecule has 0 aliphatic heterocycles. The highest BCUT2D eigenvalue weighted by atomic mass is 16.6. The highest BCUT2D eigenvalue weighted by Crippen LogP contribution is 2.20. The second-order valence-corrected chi connectivity index (χ2v) is 5.64. The number of rotatable bonds is 11. The van der Waals surface area contributed by atoms with Gasteiger partial charge in [-0.25, -0.2) is 4.79 Å². The van der Waals surface area contributed by atoms with E-state index in [4.69, 9.17) is 10.5 Å². The predicted octanol–water partition coefficient (Wildman–Crippen LogP) is 4.47. The Balaban J connectivity index is 2.26. The van der Waals surface area contributed by atoms with E-state index in [1.54, 1.807) is 0 Å². The number of nitrogen functional groups attached to an aromatic ring is 1. The Hall–Kier alpha value is -2.11. The van der Waals surface area contributed by atoms with Crippen molar-refractivity contribution in [3.63, 3.8) is 0 Å². The van der Waals surface area contributed by atoms with Crippen LogP contribution < -0.4 is 5.73 Å². The number of benzene rings is 1. The number of carbonyl (C=O) groups excluding carboxylic acids is 1. The first-order valence-corrected chi connectivity index (χ1v) is 8.27. The quantitative estimate of drug-likeness (QED) is 0.213. The molecule has 128 valence electrons. The zero-order chi connectivity index (χ0) is 17.1. The second kappa shape index (κ2) is 10.6. The van der Waals surface area contributed by atoms with Gasteiger partial charge < -0.3 is 10.5 Å². The van der Waals surface area contributed by atoms with Crippen LogP contribution in [0.5, 0.6) is 0 Å². The summed E-state index contributed by atoms with van der Waals surface area (Å²) in [6.07, 6.45) is 9.26. The van der Waals surface area contributed by atoms with E-state index in [-0.39, 0.29) is 16.9 Å². The van der Waals surface area contributed by atoms with Crippen LogP contribution in [0.3, 0.4) is 0 Å². The molecule has 0 aromatic heterocycles. The molecular formula is C17H26N2O4. The van der Waals surface area contributed by atoms with Crippen molar-refractivity contribution in [3.8, 4) is 0 Å². The van der Waals surface area contributed by atoms with E-state index in [0.29, 0.717) is 6.61 Å². The third-order valence-corrected chi connectivity index (χ3v) is 3.70. The molecule has 6 nitrogen and oxygen atoms in total. The first-order chi connectivity index (χ1) is 11.1. The van der Waals surface area contributed by atoms with Crippen LogP contribution in [-0.2, 0) is 4.74 Å². The van der Waals surface area contributed by atoms with Gasteiger partial charge in [0.25, 0.3) is 5.69 Å². The van der Waals surface area contributed by atoms with Gasteiger partial charge in [0, 0.05) is 17.8 Å². The lowest BCUT2D eigenvalue weighted by Gasteiger charge is -2.07. The van der Waals surface area contributed by atoms with Gasteiger partial charge in [0.05, 0.1) is 17.1 Å². The number of hydrogen-bond donors (Lipinski definition) is 1. The molecule has 0 fully saturated rings. The van der Waals surface area contributed by atoms with Crippen LogP contribution in [0.15, 0.2) is 18.2 Å². The van der Waals surface area contributed by atoms with Gasteiger partial charge in [0.15, 0.2) is 0 Å². The molecule has 0 radical (unpaired) electrons. The van der Waals surface area contributed by atoms with Crippen molar-refractivity contribution in [2.75, 3.05) is 12.3 Å². The average molecular weight is 322 g/mol. The Morgan fingerprint density at radius 3 is 2.35 bits per heavy atom. The second-order valence-electron chi connectivity index (χ2n) is 5.64. The zero-order valence-corrected chi connectivity index (χ0v) is 13.8. The van der Waals surface area contributed by atoms with Crippen LogP contribution in [0, 0.1) is 10.1 Å². The van der Waals surface area contributed by atoms with Gasteiger partial charge in [-0.3, -0.25) is 10.1 Å². The molecule has 23 heavy (non-hydrogen) atoms. The number of anilines is 1. The molecule has 0 saturated heterocycles. The van der Waals surface area contributed by atoms with Crippen molar-refractivity contribution >= 4 is 17.3 Å². The molecule has 6 heteroatoms. The highest BCUT2D eigenvalue weighted by molar-refractivity contribution is 5.95. The molecule has 0 aliphatic carbocycles. The summed E-state index contributed by atoms with van der Waals surface area (Å²) in [7, 11) is 0. The van der Waals surface area contributed by atoms with E-state index in [1.807, 2.05) is 0 Å². The van der Waals surface area contributed by atoms with Gasteiger partial charge in [0.1, 0.15) is 0 Å². The molecule has 0 unspecified atom stereocenters.